The number of rotatable bonds is 6. The fourth-order valence-electron chi connectivity index (χ4n) is 4.85. The Hall–Kier alpha value is -3.32. The Kier molecular flexibility index (Phi) is 6.28. The molecule has 5 nitrogen and oxygen atoms in total. The molecule has 2 aliphatic rings. The highest BCUT2D eigenvalue weighted by Gasteiger charge is 2.40. The van der Waals surface area contributed by atoms with Crippen LogP contribution in [0.2, 0.25) is 0 Å². The molecule has 1 saturated heterocycles. The average Bonchev–Trinajstić information content (AvgIpc) is 3.68. The normalized spacial score (nSPS) is 20.2. The van der Waals surface area contributed by atoms with Crippen LogP contribution in [0.15, 0.2) is 60.7 Å². The summed E-state index contributed by atoms with van der Waals surface area (Å²) in [6.45, 7) is 1.51. The standard InChI is InChI=1S/C27H27F2N3O2/c28-22-9-4-10-23(29)25(22)26(33)31-24-13-14-30-15-21(24)27(34)32(19-11-12-19)16-18-7-3-6-17-5-1-2-8-20(17)18/h1-10,19,21,24,30H,11-16H2,(H,31,33). The lowest BCUT2D eigenvalue weighted by Gasteiger charge is -2.36. The van der Waals surface area contributed by atoms with Crippen LogP contribution in [-0.4, -0.2) is 41.9 Å². The van der Waals surface area contributed by atoms with E-state index in [0.717, 1.165) is 41.3 Å². The topological polar surface area (TPSA) is 61.4 Å². The largest absolute Gasteiger partial charge is 0.348 e. The van der Waals surface area contributed by atoms with Crippen molar-refractivity contribution in [3.05, 3.63) is 83.4 Å². The van der Waals surface area contributed by atoms with E-state index in [1.165, 1.54) is 6.07 Å². The van der Waals surface area contributed by atoms with Crippen LogP contribution in [0, 0.1) is 17.6 Å². The number of nitrogens with one attached hydrogen (secondary N) is 2. The third-order valence-corrected chi connectivity index (χ3v) is 6.80. The van der Waals surface area contributed by atoms with Gasteiger partial charge in [-0.1, -0.05) is 48.5 Å². The van der Waals surface area contributed by atoms with Crippen molar-refractivity contribution < 1.29 is 18.4 Å². The van der Waals surface area contributed by atoms with Gasteiger partial charge in [-0.15, -0.1) is 0 Å². The minimum atomic E-state index is -0.912. The molecule has 2 atom stereocenters. The van der Waals surface area contributed by atoms with Crippen LogP contribution in [0.4, 0.5) is 8.78 Å². The Labute approximate surface area is 197 Å². The number of nitrogens with zero attached hydrogens (tertiary/aromatic N) is 1. The zero-order valence-corrected chi connectivity index (χ0v) is 18.8. The third-order valence-electron chi connectivity index (χ3n) is 6.80. The number of hydrogen-bond donors (Lipinski definition) is 2. The van der Waals surface area contributed by atoms with Crippen molar-refractivity contribution in [3.63, 3.8) is 0 Å². The van der Waals surface area contributed by atoms with Crippen LogP contribution in [0.5, 0.6) is 0 Å². The summed E-state index contributed by atoms with van der Waals surface area (Å²) in [5, 5.41) is 8.23. The van der Waals surface area contributed by atoms with Gasteiger partial charge in [0.1, 0.15) is 17.2 Å². The molecule has 1 aliphatic heterocycles. The molecule has 0 spiro atoms. The fraction of sp³-hybridized carbons (Fsp3) is 0.333. The summed E-state index contributed by atoms with van der Waals surface area (Å²) >= 11 is 0. The van der Waals surface area contributed by atoms with Gasteiger partial charge in [0.25, 0.3) is 5.91 Å². The van der Waals surface area contributed by atoms with Gasteiger partial charge in [-0.05, 0) is 54.3 Å². The summed E-state index contributed by atoms with van der Waals surface area (Å²) < 4.78 is 28.3. The SMILES string of the molecule is O=C(NC1CCNCC1C(=O)N(Cc1cccc2ccccc12)C1CC1)c1c(F)cccc1F. The second kappa shape index (κ2) is 9.50. The Morgan fingerprint density at radius 2 is 1.65 bits per heavy atom. The molecule has 0 aromatic heterocycles. The average molecular weight is 464 g/mol. The van der Waals surface area contributed by atoms with E-state index < -0.39 is 35.1 Å². The zero-order valence-electron chi connectivity index (χ0n) is 18.8. The summed E-state index contributed by atoms with van der Waals surface area (Å²) in [5.41, 5.74) is 0.471. The summed E-state index contributed by atoms with van der Waals surface area (Å²) in [6, 6.07) is 17.2. The molecule has 1 aliphatic carbocycles. The third kappa shape index (κ3) is 4.53. The molecule has 2 fully saturated rings. The van der Waals surface area contributed by atoms with Crippen molar-refractivity contribution in [2.24, 2.45) is 5.92 Å². The second-order valence-electron chi connectivity index (χ2n) is 9.11. The van der Waals surface area contributed by atoms with Gasteiger partial charge in [0.15, 0.2) is 0 Å². The predicted octanol–water partition coefficient (Wildman–Crippen LogP) is 4.02. The van der Waals surface area contributed by atoms with E-state index >= 15 is 0 Å². The highest BCUT2D eigenvalue weighted by molar-refractivity contribution is 5.95. The van der Waals surface area contributed by atoms with Crippen molar-refractivity contribution in [2.75, 3.05) is 13.1 Å². The van der Waals surface area contributed by atoms with Gasteiger partial charge < -0.3 is 15.5 Å². The molecular weight excluding hydrogens is 436 g/mol. The minimum Gasteiger partial charge on any atom is -0.348 e. The van der Waals surface area contributed by atoms with Crippen molar-refractivity contribution >= 4 is 22.6 Å². The molecule has 2 amide bonds. The first-order valence-corrected chi connectivity index (χ1v) is 11.8. The lowest BCUT2D eigenvalue weighted by Crippen LogP contribution is -2.55. The molecule has 1 saturated carbocycles. The molecule has 1 heterocycles. The monoisotopic (exact) mass is 463 g/mol. The fourth-order valence-corrected chi connectivity index (χ4v) is 4.85. The van der Waals surface area contributed by atoms with E-state index in [-0.39, 0.29) is 11.9 Å². The Balaban J connectivity index is 1.37. The van der Waals surface area contributed by atoms with Crippen LogP contribution in [0.3, 0.4) is 0 Å². The molecule has 7 heteroatoms. The van der Waals surface area contributed by atoms with Crippen molar-refractivity contribution in [3.8, 4) is 0 Å². The first-order valence-electron chi connectivity index (χ1n) is 11.8. The van der Waals surface area contributed by atoms with Crippen LogP contribution in [0.1, 0.15) is 35.2 Å². The number of amides is 2. The van der Waals surface area contributed by atoms with Gasteiger partial charge in [0.05, 0.1) is 5.92 Å². The number of halogens is 2. The lowest BCUT2D eigenvalue weighted by molar-refractivity contribution is -0.138. The second-order valence-corrected chi connectivity index (χ2v) is 9.11. The zero-order chi connectivity index (χ0) is 23.7. The molecular formula is C27H27F2N3O2. The van der Waals surface area contributed by atoms with E-state index in [1.54, 1.807) is 0 Å². The first-order chi connectivity index (χ1) is 16.5. The maximum Gasteiger partial charge on any atom is 0.257 e. The van der Waals surface area contributed by atoms with E-state index in [1.807, 2.05) is 29.2 Å². The number of hydrogen-bond acceptors (Lipinski definition) is 3. The highest BCUT2D eigenvalue weighted by Crippen LogP contribution is 2.32. The Bertz CT molecular complexity index is 1200. The molecule has 2 N–H and O–H groups in total. The van der Waals surface area contributed by atoms with Crippen molar-refractivity contribution in [2.45, 2.75) is 37.9 Å². The lowest BCUT2D eigenvalue weighted by atomic mass is 9.91. The number of fused-ring (bicyclic) bond motifs is 1. The molecule has 3 aromatic rings. The van der Waals surface area contributed by atoms with Gasteiger partial charge in [-0.3, -0.25) is 9.59 Å². The number of carbonyl (C=O) groups is 2. The number of benzene rings is 3. The Morgan fingerprint density at radius 1 is 0.941 bits per heavy atom. The summed E-state index contributed by atoms with van der Waals surface area (Å²) in [5.74, 6) is -3.20. The predicted molar refractivity (Wildman–Crippen MR) is 126 cm³/mol. The summed E-state index contributed by atoms with van der Waals surface area (Å²) in [6.07, 6.45) is 2.41. The number of carbonyl (C=O) groups excluding carboxylic acids is 2. The van der Waals surface area contributed by atoms with Crippen LogP contribution < -0.4 is 10.6 Å². The van der Waals surface area contributed by atoms with Crippen LogP contribution in [-0.2, 0) is 11.3 Å². The molecule has 3 aromatic carbocycles. The van der Waals surface area contributed by atoms with Crippen LogP contribution in [0.25, 0.3) is 10.8 Å². The maximum atomic E-state index is 14.1. The van der Waals surface area contributed by atoms with E-state index in [0.29, 0.717) is 26.1 Å². The van der Waals surface area contributed by atoms with Gasteiger partial charge in [-0.2, -0.15) is 0 Å². The number of piperidine rings is 1. The summed E-state index contributed by atoms with van der Waals surface area (Å²) in [4.78, 5) is 28.4. The molecule has 0 radical (unpaired) electrons. The van der Waals surface area contributed by atoms with Gasteiger partial charge in [0, 0.05) is 25.2 Å². The quantitative estimate of drug-likeness (QED) is 0.581. The Morgan fingerprint density at radius 3 is 2.41 bits per heavy atom. The smallest absolute Gasteiger partial charge is 0.257 e. The summed E-state index contributed by atoms with van der Waals surface area (Å²) in [7, 11) is 0. The van der Waals surface area contributed by atoms with E-state index in [2.05, 4.69) is 28.8 Å². The van der Waals surface area contributed by atoms with Gasteiger partial charge in [0.2, 0.25) is 5.91 Å². The van der Waals surface area contributed by atoms with Crippen LogP contribution >= 0.6 is 0 Å². The van der Waals surface area contributed by atoms with Crippen molar-refractivity contribution in [1.82, 2.24) is 15.5 Å². The van der Waals surface area contributed by atoms with Gasteiger partial charge in [-0.25, -0.2) is 8.78 Å². The molecule has 5 rings (SSSR count). The molecule has 2 unspecified atom stereocenters. The van der Waals surface area contributed by atoms with E-state index in [9.17, 15) is 18.4 Å². The van der Waals surface area contributed by atoms with Crippen molar-refractivity contribution in [1.29, 1.82) is 0 Å². The molecule has 176 valence electrons. The first kappa shape index (κ1) is 22.5. The van der Waals surface area contributed by atoms with E-state index in [4.69, 9.17) is 0 Å². The maximum absolute atomic E-state index is 14.1. The highest BCUT2D eigenvalue weighted by atomic mass is 19.1. The molecule has 34 heavy (non-hydrogen) atoms. The minimum absolute atomic E-state index is 0.0399. The molecule has 0 bridgehead atoms. The van der Waals surface area contributed by atoms with Gasteiger partial charge >= 0.3 is 0 Å².